The zero-order valence-electron chi connectivity index (χ0n) is 10.2. The van der Waals surface area contributed by atoms with Crippen molar-refractivity contribution in [2.24, 2.45) is 0 Å². The van der Waals surface area contributed by atoms with Gasteiger partial charge in [0.15, 0.2) is 5.78 Å². The molecule has 3 nitrogen and oxygen atoms in total. The molecule has 0 aliphatic rings. The molecule has 0 bridgehead atoms. The summed E-state index contributed by atoms with van der Waals surface area (Å²) in [7, 11) is 0. The molecule has 0 atom stereocenters. The van der Waals surface area contributed by atoms with E-state index >= 15 is 0 Å². The smallest absolute Gasteiger partial charge is 0.170 e. The highest BCUT2D eigenvalue weighted by atomic mass is 16.1. The van der Waals surface area contributed by atoms with Gasteiger partial charge in [-0.1, -0.05) is 29.8 Å². The van der Waals surface area contributed by atoms with Gasteiger partial charge in [0, 0.05) is 24.5 Å². The van der Waals surface area contributed by atoms with Crippen LogP contribution in [0.2, 0.25) is 0 Å². The molecule has 3 heteroatoms. The Morgan fingerprint density at radius 1 is 1.29 bits per heavy atom. The minimum Gasteiger partial charge on any atom is -0.335 e. The van der Waals surface area contributed by atoms with E-state index in [0.717, 1.165) is 23.5 Å². The highest BCUT2D eigenvalue weighted by molar-refractivity contribution is 5.97. The molecule has 0 radical (unpaired) electrons. The van der Waals surface area contributed by atoms with Gasteiger partial charge in [0.25, 0.3) is 0 Å². The summed E-state index contributed by atoms with van der Waals surface area (Å²) in [5.41, 5.74) is 1.91. The molecule has 0 saturated heterocycles. The van der Waals surface area contributed by atoms with Crippen molar-refractivity contribution in [1.29, 1.82) is 0 Å². The van der Waals surface area contributed by atoms with Crippen LogP contribution in [0.5, 0.6) is 0 Å². The Morgan fingerprint density at radius 2 is 2.00 bits per heavy atom. The van der Waals surface area contributed by atoms with Gasteiger partial charge in [-0.2, -0.15) is 0 Å². The van der Waals surface area contributed by atoms with E-state index in [4.69, 9.17) is 0 Å². The van der Waals surface area contributed by atoms with Crippen LogP contribution >= 0.6 is 0 Å². The number of aromatic nitrogens is 2. The van der Waals surface area contributed by atoms with Gasteiger partial charge in [-0.15, -0.1) is 0 Å². The van der Waals surface area contributed by atoms with E-state index < -0.39 is 0 Å². The van der Waals surface area contributed by atoms with Crippen molar-refractivity contribution in [3.05, 3.63) is 53.6 Å². The maximum atomic E-state index is 12.0. The summed E-state index contributed by atoms with van der Waals surface area (Å²) in [4.78, 5) is 16.3. The van der Waals surface area contributed by atoms with Crippen LogP contribution in [-0.4, -0.2) is 15.3 Å². The Bertz CT molecular complexity index is 511. The predicted octanol–water partition coefficient (Wildman–Crippen LogP) is 2.64. The number of hydrogen-bond donors (Lipinski definition) is 0. The number of Topliss-reactive ketones (excluding diaryl/α,β-unsaturated/α-hetero) is 1. The maximum Gasteiger partial charge on any atom is 0.170 e. The first-order valence-corrected chi connectivity index (χ1v) is 5.80. The Kier molecular flexibility index (Phi) is 3.38. The van der Waals surface area contributed by atoms with Crippen LogP contribution in [0.15, 0.2) is 36.7 Å². The molecular weight excluding hydrogens is 212 g/mol. The third kappa shape index (κ3) is 2.61. The van der Waals surface area contributed by atoms with Crippen molar-refractivity contribution >= 4 is 5.78 Å². The number of benzene rings is 1. The zero-order chi connectivity index (χ0) is 12.3. The number of aryl methyl sites for hydroxylation is 2. The van der Waals surface area contributed by atoms with E-state index in [1.165, 1.54) is 0 Å². The molecule has 1 aromatic heterocycles. The fraction of sp³-hybridized carbons (Fsp3) is 0.286. The first kappa shape index (κ1) is 11.6. The Labute approximate surface area is 101 Å². The highest BCUT2D eigenvalue weighted by Crippen LogP contribution is 2.08. The van der Waals surface area contributed by atoms with E-state index in [1.807, 2.05) is 48.9 Å². The summed E-state index contributed by atoms with van der Waals surface area (Å²) >= 11 is 0. The van der Waals surface area contributed by atoms with Crippen LogP contribution in [-0.2, 0) is 13.0 Å². The highest BCUT2D eigenvalue weighted by Gasteiger charge is 2.10. The molecule has 0 saturated carbocycles. The fourth-order valence-electron chi connectivity index (χ4n) is 1.78. The van der Waals surface area contributed by atoms with Crippen LogP contribution in [0.25, 0.3) is 0 Å². The standard InChI is InChI=1S/C14H16N2O/c1-3-16-9-8-15-14(16)10-13(17)12-6-4-11(2)5-7-12/h4-9H,3,10H2,1-2H3. The van der Waals surface area contributed by atoms with Gasteiger partial charge in [0.1, 0.15) is 5.82 Å². The molecule has 0 aliphatic heterocycles. The molecule has 0 N–H and O–H groups in total. The monoisotopic (exact) mass is 228 g/mol. The fourth-order valence-corrected chi connectivity index (χ4v) is 1.78. The lowest BCUT2D eigenvalue weighted by Crippen LogP contribution is -2.09. The second kappa shape index (κ2) is 4.95. The third-order valence-electron chi connectivity index (χ3n) is 2.83. The summed E-state index contributed by atoms with van der Waals surface area (Å²) in [6, 6.07) is 7.66. The van der Waals surface area contributed by atoms with Crippen LogP contribution in [0.3, 0.4) is 0 Å². The van der Waals surface area contributed by atoms with E-state index in [0.29, 0.717) is 6.42 Å². The molecule has 1 aromatic carbocycles. The first-order chi connectivity index (χ1) is 8.20. The molecule has 0 amide bonds. The molecule has 1 heterocycles. The van der Waals surface area contributed by atoms with E-state index in [9.17, 15) is 4.79 Å². The van der Waals surface area contributed by atoms with Crippen molar-refractivity contribution in [3.8, 4) is 0 Å². The first-order valence-electron chi connectivity index (χ1n) is 5.80. The van der Waals surface area contributed by atoms with Crippen LogP contribution < -0.4 is 0 Å². The summed E-state index contributed by atoms with van der Waals surface area (Å²) in [5, 5.41) is 0. The number of ketones is 1. The average Bonchev–Trinajstić information content (AvgIpc) is 2.77. The van der Waals surface area contributed by atoms with Gasteiger partial charge in [0.05, 0.1) is 6.42 Å². The average molecular weight is 228 g/mol. The number of imidazole rings is 1. The molecule has 2 aromatic rings. The quantitative estimate of drug-likeness (QED) is 0.754. The number of rotatable bonds is 4. The van der Waals surface area contributed by atoms with Crippen molar-refractivity contribution < 1.29 is 4.79 Å². The van der Waals surface area contributed by atoms with Gasteiger partial charge >= 0.3 is 0 Å². The largest absolute Gasteiger partial charge is 0.335 e. The van der Waals surface area contributed by atoms with Gasteiger partial charge in [0.2, 0.25) is 0 Å². The Balaban J connectivity index is 2.14. The normalized spacial score (nSPS) is 10.5. The topological polar surface area (TPSA) is 34.9 Å². The van der Waals surface area contributed by atoms with Crippen molar-refractivity contribution in [2.75, 3.05) is 0 Å². The van der Waals surface area contributed by atoms with Gasteiger partial charge in [-0.05, 0) is 13.8 Å². The second-order valence-corrected chi connectivity index (χ2v) is 4.10. The molecule has 0 fully saturated rings. The van der Waals surface area contributed by atoms with Gasteiger partial charge in [-0.25, -0.2) is 4.98 Å². The van der Waals surface area contributed by atoms with Crippen molar-refractivity contribution in [3.63, 3.8) is 0 Å². The summed E-state index contributed by atoms with van der Waals surface area (Å²) in [6.45, 7) is 4.90. The molecule has 0 unspecified atom stereocenters. The molecule has 2 rings (SSSR count). The minimum atomic E-state index is 0.117. The Morgan fingerprint density at radius 3 is 2.65 bits per heavy atom. The van der Waals surface area contributed by atoms with E-state index in [-0.39, 0.29) is 5.78 Å². The van der Waals surface area contributed by atoms with Crippen LogP contribution in [0, 0.1) is 6.92 Å². The third-order valence-corrected chi connectivity index (χ3v) is 2.83. The molecule has 0 aliphatic carbocycles. The van der Waals surface area contributed by atoms with Crippen LogP contribution in [0.1, 0.15) is 28.7 Å². The molecular formula is C14H16N2O. The van der Waals surface area contributed by atoms with E-state index in [2.05, 4.69) is 4.98 Å². The lowest BCUT2D eigenvalue weighted by atomic mass is 10.1. The number of carbonyl (C=O) groups is 1. The minimum absolute atomic E-state index is 0.117. The molecule has 88 valence electrons. The van der Waals surface area contributed by atoms with Gasteiger partial charge in [-0.3, -0.25) is 4.79 Å². The number of hydrogen-bond acceptors (Lipinski definition) is 2. The van der Waals surface area contributed by atoms with E-state index in [1.54, 1.807) is 6.20 Å². The lowest BCUT2D eigenvalue weighted by Gasteiger charge is -2.04. The van der Waals surface area contributed by atoms with Crippen molar-refractivity contribution in [2.45, 2.75) is 26.8 Å². The van der Waals surface area contributed by atoms with Crippen LogP contribution in [0.4, 0.5) is 0 Å². The molecule has 17 heavy (non-hydrogen) atoms. The second-order valence-electron chi connectivity index (χ2n) is 4.10. The SMILES string of the molecule is CCn1ccnc1CC(=O)c1ccc(C)cc1. The van der Waals surface area contributed by atoms with Gasteiger partial charge < -0.3 is 4.57 Å². The summed E-state index contributed by atoms with van der Waals surface area (Å²) < 4.78 is 1.99. The zero-order valence-corrected chi connectivity index (χ0v) is 10.2. The number of carbonyl (C=O) groups excluding carboxylic acids is 1. The number of nitrogens with zero attached hydrogens (tertiary/aromatic N) is 2. The predicted molar refractivity (Wildman–Crippen MR) is 67.1 cm³/mol. The summed E-state index contributed by atoms with van der Waals surface area (Å²) in [6.07, 6.45) is 4.00. The van der Waals surface area contributed by atoms with Crippen molar-refractivity contribution in [1.82, 2.24) is 9.55 Å². The summed E-state index contributed by atoms with van der Waals surface area (Å²) in [5.74, 6) is 0.948. The molecule has 0 spiro atoms. The maximum absolute atomic E-state index is 12.0. The lowest BCUT2D eigenvalue weighted by molar-refractivity contribution is 0.0990. The Hall–Kier alpha value is -1.90.